The van der Waals surface area contributed by atoms with Crippen molar-refractivity contribution < 1.29 is 13.2 Å². The molecule has 0 radical (unpaired) electrons. The van der Waals surface area contributed by atoms with Crippen molar-refractivity contribution in [1.82, 2.24) is 4.72 Å². The van der Waals surface area contributed by atoms with Crippen LogP contribution in [-0.2, 0) is 10.0 Å². The maximum absolute atomic E-state index is 11.7. The number of nitrogens with one attached hydrogen (secondary N) is 1. The van der Waals surface area contributed by atoms with Crippen LogP contribution in [0.5, 0.6) is 5.75 Å². The molecule has 4 nitrogen and oxygen atoms in total. The fourth-order valence-electron chi connectivity index (χ4n) is 1.84. The molecular weight excluding hydrogens is 226 g/mol. The third-order valence-corrected chi connectivity index (χ3v) is 4.19. The van der Waals surface area contributed by atoms with E-state index in [9.17, 15) is 8.42 Å². The number of sulfonamides is 1. The van der Waals surface area contributed by atoms with Crippen LogP contribution >= 0.6 is 0 Å². The fourth-order valence-corrected chi connectivity index (χ4v) is 3.28. The fraction of sp³-hybridized carbons (Fsp3) is 0.455. The van der Waals surface area contributed by atoms with Gasteiger partial charge in [0.25, 0.3) is 0 Å². The molecule has 1 aliphatic rings. The van der Waals surface area contributed by atoms with Crippen molar-refractivity contribution in [3.63, 3.8) is 0 Å². The third-order valence-electron chi connectivity index (χ3n) is 2.69. The Bertz CT molecular complexity index is 496. The zero-order valence-electron chi connectivity index (χ0n) is 9.36. The number of benzene rings is 1. The summed E-state index contributed by atoms with van der Waals surface area (Å²) in [6, 6.07) is 5.12. The second kappa shape index (κ2) is 4.07. The Labute approximate surface area is 95.7 Å². The lowest BCUT2D eigenvalue weighted by Gasteiger charge is -2.23. The zero-order chi connectivity index (χ0) is 11.8. The van der Waals surface area contributed by atoms with Gasteiger partial charge in [0, 0.05) is 6.54 Å². The normalized spacial score (nSPS) is 22.5. The largest absolute Gasteiger partial charge is 0.494 e. The molecule has 0 spiro atoms. The van der Waals surface area contributed by atoms with E-state index in [1.165, 1.54) is 0 Å². The van der Waals surface area contributed by atoms with E-state index < -0.39 is 10.0 Å². The van der Waals surface area contributed by atoms with Gasteiger partial charge in [0.1, 0.15) is 5.75 Å². The molecule has 1 aliphatic heterocycles. The van der Waals surface area contributed by atoms with E-state index in [0.717, 1.165) is 11.3 Å². The second-order valence-electron chi connectivity index (χ2n) is 3.89. The molecule has 1 unspecified atom stereocenters. The highest BCUT2D eigenvalue weighted by molar-refractivity contribution is 7.89. The minimum Gasteiger partial charge on any atom is -0.494 e. The summed E-state index contributed by atoms with van der Waals surface area (Å²) >= 11 is 0. The molecule has 0 saturated carbocycles. The van der Waals surface area contributed by atoms with Gasteiger partial charge in [-0.3, -0.25) is 0 Å². The van der Waals surface area contributed by atoms with Gasteiger partial charge >= 0.3 is 0 Å². The van der Waals surface area contributed by atoms with Gasteiger partial charge in [-0.05, 0) is 36.6 Å². The first kappa shape index (κ1) is 11.4. The van der Waals surface area contributed by atoms with Gasteiger partial charge in [-0.15, -0.1) is 0 Å². The summed E-state index contributed by atoms with van der Waals surface area (Å²) in [4.78, 5) is 0.370. The minimum atomic E-state index is -3.31. The molecule has 2 rings (SSSR count). The van der Waals surface area contributed by atoms with Crippen molar-refractivity contribution in [2.75, 3.05) is 13.2 Å². The van der Waals surface area contributed by atoms with Crippen LogP contribution in [0, 0.1) is 0 Å². The summed E-state index contributed by atoms with van der Waals surface area (Å²) in [5.74, 6) is 0.907. The molecule has 0 bridgehead atoms. The van der Waals surface area contributed by atoms with Crippen molar-refractivity contribution >= 4 is 10.0 Å². The lowest BCUT2D eigenvalue weighted by Crippen LogP contribution is -2.33. The molecule has 0 amide bonds. The lowest BCUT2D eigenvalue weighted by molar-refractivity contribution is 0.339. The zero-order valence-corrected chi connectivity index (χ0v) is 10.2. The summed E-state index contributed by atoms with van der Waals surface area (Å²) in [5.41, 5.74) is 0.838. The maximum atomic E-state index is 11.7. The van der Waals surface area contributed by atoms with E-state index in [1.807, 2.05) is 19.9 Å². The van der Waals surface area contributed by atoms with Crippen LogP contribution in [0.4, 0.5) is 0 Å². The standard InChI is InChI=1S/C11H15NO3S/c1-3-15-9-4-5-11-10(6-9)8(2)7-12-16(11,13)14/h4-6,8,12H,3,7H2,1-2H3. The SMILES string of the molecule is CCOc1ccc2c(c1)C(C)CNS2(=O)=O. The van der Waals surface area contributed by atoms with Gasteiger partial charge in [-0.25, -0.2) is 13.1 Å². The van der Waals surface area contributed by atoms with E-state index in [4.69, 9.17) is 4.74 Å². The van der Waals surface area contributed by atoms with E-state index in [-0.39, 0.29) is 5.92 Å². The van der Waals surface area contributed by atoms with Crippen molar-refractivity contribution in [1.29, 1.82) is 0 Å². The number of hydrogen-bond donors (Lipinski definition) is 1. The Morgan fingerprint density at radius 1 is 1.50 bits per heavy atom. The predicted octanol–water partition coefficient (Wildman–Crippen LogP) is 1.48. The number of ether oxygens (including phenoxy) is 1. The van der Waals surface area contributed by atoms with Crippen LogP contribution < -0.4 is 9.46 Å². The quantitative estimate of drug-likeness (QED) is 0.853. The molecule has 0 aliphatic carbocycles. The molecule has 1 aromatic rings. The van der Waals surface area contributed by atoms with Gasteiger partial charge in [0.15, 0.2) is 0 Å². The summed E-state index contributed by atoms with van der Waals surface area (Å²) in [6.45, 7) is 4.93. The first-order chi connectivity index (χ1) is 7.54. The Morgan fingerprint density at radius 2 is 2.25 bits per heavy atom. The third kappa shape index (κ3) is 1.92. The maximum Gasteiger partial charge on any atom is 0.240 e. The molecule has 1 atom stereocenters. The number of rotatable bonds is 2. The van der Waals surface area contributed by atoms with Crippen LogP contribution in [-0.4, -0.2) is 21.6 Å². The van der Waals surface area contributed by atoms with Crippen LogP contribution in [0.25, 0.3) is 0 Å². The molecule has 88 valence electrons. The van der Waals surface area contributed by atoms with Crippen LogP contribution in [0.3, 0.4) is 0 Å². The highest BCUT2D eigenvalue weighted by atomic mass is 32.2. The molecule has 1 heterocycles. The highest BCUT2D eigenvalue weighted by Gasteiger charge is 2.27. The second-order valence-corrected chi connectivity index (χ2v) is 5.62. The molecule has 0 aromatic heterocycles. The van der Waals surface area contributed by atoms with E-state index in [0.29, 0.717) is 18.0 Å². The molecule has 1 N–H and O–H groups in total. The summed E-state index contributed by atoms with van der Waals surface area (Å²) in [7, 11) is -3.31. The topological polar surface area (TPSA) is 55.4 Å². The van der Waals surface area contributed by atoms with Gasteiger partial charge in [-0.1, -0.05) is 6.92 Å². The van der Waals surface area contributed by atoms with E-state index in [1.54, 1.807) is 12.1 Å². The summed E-state index contributed by atoms with van der Waals surface area (Å²) in [5, 5.41) is 0. The molecule has 0 fully saturated rings. The molecule has 0 saturated heterocycles. The Hall–Kier alpha value is -1.07. The van der Waals surface area contributed by atoms with Gasteiger partial charge in [0.05, 0.1) is 11.5 Å². The molecule has 5 heteroatoms. The van der Waals surface area contributed by atoms with Gasteiger partial charge < -0.3 is 4.74 Å². The van der Waals surface area contributed by atoms with Crippen LogP contribution in [0.1, 0.15) is 25.3 Å². The van der Waals surface area contributed by atoms with Crippen LogP contribution in [0.2, 0.25) is 0 Å². The smallest absolute Gasteiger partial charge is 0.240 e. The summed E-state index contributed by atoms with van der Waals surface area (Å²) in [6.07, 6.45) is 0. The van der Waals surface area contributed by atoms with E-state index >= 15 is 0 Å². The molecule has 1 aromatic carbocycles. The average Bonchev–Trinajstić information content (AvgIpc) is 2.25. The lowest BCUT2D eigenvalue weighted by atomic mass is 10.0. The van der Waals surface area contributed by atoms with Crippen molar-refractivity contribution in [3.05, 3.63) is 23.8 Å². The van der Waals surface area contributed by atoms with Gasteiger partial charge in [0.2, 0.25) is 10.0 Å². The molecule has 16 heavy (non-hydrogen) atoms. The van der Waals surface area contributed by atoms with Gasteiger partial charge in [-0.2, -0.15) is 0 Å². The summed E-state index contributed by atoms with van der Waals surface area (Å²) < 4.78 is 31.4. The monoisotopic (exact) mass is 241 g/mol. The predicted molar refractivity (Wildman–Crippen MR) is 61.2 cm³/mol. The highest BCUT2D eigenvalue weighted by Crippen LogP contribution is 2.31. The Kier molecular flexibility index (Phi) is 2.90. The van der Waals surface area contributed by atoms with Crippen LogP contribution in [0.15, 0.2) is 23.1 Å². The molecular formula is C11H15NO3S. The van der Waals surface area contributed by atoms with Crippen molar-refractivity contribution in [2.24, 2.45) is 0 Å². The first-order valence-corrected chi connectivity index (χ1v) is 6.79. The van der Waals surface area contributed by atoms with Crippen molar-refractivity contribution in [3.8, 4) is 5.75 Å². The average molecular weight is 241 g/mol. The van der Waals surface area contributed by atoms with E-state index in [2.05, 4.69) is 4.72 Å². The van der Waals surface area contributed by atoms with Crippen molar-refractivity contribution in [2.45, 2.75) is 24.7 Å². The minimum absolute atomic E-state index is 0.180. The number of fused-ring (bicyclic) bond motifs is 1. The Balaban J connectivity index is 2.52. The Morgan fingerprint density at radius 3 is 2.94 bits per heavy atom. The first-order valence-electron chi connectivity index (χ1n) is 5.31. The number of hydrogen-bond acceptors (Lipinski definition) is 3.